The molecule has 9 nitrogen and oxygen atoms in total. The van der Waals surface area contributed by atoms with Gasteiger partial charge in [0.15, 0.2) is 0 Å². The molecule has 1 aliphatic carbocycles. The van der Waals surface area contributed by atoms with E-state index in [1.54, 1.807) is 19.2 Å². The van der Waals surface area contributed by atoms with Gasteiger partial charge in [0, 0.05) is 25.7 Å². The number of hydrogen-bond acceptors (Lipinski definition) is 6. The molecule has 2 atom stereocenters. The molecular formula is C32H40N4O5. The van der Waals surface area contributed by atoms with E-state index in [1.165, 1.54) is 4.90 Å². The van der Waals surface area contributed by atoms with E-state index in [2.05, 4.69) is 10.2 Å². The zero-order chi connectivity index (χ0) is 28.6. The first-order valence-corrected chi connectivity index (χ1v) is 14.9. The number of carbonyl (C=O) groups is 3. The van der Waals surface area contributed by atoms with Crippen LogP contribution in [-0.4, -0.2) is 89.9 Å². The van der Waals surface area contributed by atoms with Crippen molar-refractivity contribution >= 4 is 17.7 Å². The standard InChI is InChI=1S/C32H40N4O5/c1-22-10-11-24-17-27(22)41-25-9-7-8-23(16-25)21-40-28-19-35(18-26(28)33-29(37)20-34(2)30(24)38)31(39)32(12-3-4-13-32)36-14-5-6-15-36/h7-11,16-17,26,28H,3-6,12-15,18-21H2,1-2H3,(H,33,37)/t26-,28-/m0/s1. The summed E-state index contributed by atoms with van der Waals surface area (Å²) in [7, 11) is 1.62. The van der Waals surface area contributed by atoms with Gasteiger partial charge in [0.1, 0.15) is 17.0 Å². The predicted octanol–water partition coefficient (Wildman–Crippen LogP) is 3.49. The minimum atomic E-state index is -0.431. The third-order valence-electron chi connectivity index (χ3n) is 9.19. The third-order valence-corrected chi connectivity index (χ3v) is 9.19. The maximum absolute atomic E-state index is 14.2. The Morgan fingerprint density at radius 3 is 2.56 bits per heavy atom. The van der Waals surface area contributed by atoms with Crippen molar-refractivity contribution in [1.29, 1.82) is 0 Å². The van der Waals surface area contributed by atoms with Crippen molar-refractivity contribution < 1.29 is 23.9 Å². The van der Waals surface area contributed by atoms with Gasteiger partial charge in [-0.2, -0.15) is 0 Å². The number of nitrogens with one attached hydrogen (secondary N) is 1. The van der Waals surface area contributed by atoms with Crippen molar-refractivity contribution in [2.45, 2.75) is 69.7 Å². The van der Waals surface area contributed by atoms with Crippen molar-refractivity contribution in [2.24, 2.45) is 0 Å². The molecule has 3 amide bonds. The normalized spacial score (nSPS) is 25.1. The van der Waals surface area contributed by atoms with Crippen LogP contribution in [0.3, 0.4) is 0 Å². The van der Waals surface area contributed by atoms with E-state index in [9.17, 15) is 14.4 Å². The van der Waals surface area contributed by atoms with Crippen LogP contribution >= 0.6 is 0 Å². The first kappa shape index (κ1) is 27.7. The molecule has 0 radical (unpaired) electrons. The van der Waals surface area contributed by atoms with Gasteiger partial charge in [-0.15, -0.1) is 0 Å². The number of likely N-dealkylation sites (tertiary alicyclic amines) is 2. The molecule has 41 heavy (non-hydrogen) atoms. The fraction of sp³-hybridized carbons (Fsp3) is 0.531. The van der Waals surface area contributed by atoms with Gasteiger partial charge in [-0.3, -0.25) is 19.3 Å². The highest BCUT2D eigenvalue weighted by Crippen LogP contribution is 2.40. The van der Waals surface area contributed by atoms with Crippen LogP contribution in [0, 0.1) is 6.92 Å². The van der Waals surface area contributed by atoms with Crippen LogP contribution in [0.15, 0.2) is 42.5 Å². The molecule has 9 heteroatoms. The fourth-order valence-corrected chi connectivity index (χ4v) is 6.94. The zero-order valence-corrected chi connectivity index (χ0v) is 24.1. The summed E-state index contributed by atoms with van der Waals surface area (Å²) in [5.41, 5.74) is 1.85. The maximum atomic E-state index is 14.2. The molecule has 218 valence electrons. The Hall–Kier alpha value is -3.43. The second kappa shape index (κ2) is 11.4. The summed E-state index contributed by atoms with van der Waals surface area (Å²) in [6.07, 6.45) is 5.83. The van der Waals surface area contributed by atoms with Gasteiger partial charge in [-0.25, -0.2) is 0 Å². The molecule has 3 heterocycles. The molecule has 1 saturated carbocycles. The SMILES string of the molecule is Cc1ccc2cc1Oc1cccc(c1)CO[C@H]1CN(C(=O)C3(N4CCCC4)CCCC3)C[C@@H]1NC(=O)CN(C)C2=O. The summed E-state index contributed by atoms with van der Waals surface area (Å²) >= 11 is 0. The molecule has 4 aliphatic rings. The van der Waals surface area contributed by atoms with Crippen molar-refractivity contribution in [2.75, 3.05) is 39.8 Å². The van der Waals surface area contributed by atoms with Crippen LogP contribution in [0.1, 0.15) is 60.0 Å². The summed E-state index contributed by atoms with van der Waals surface area (Å²) in [6.45, 7) is 4.92. The van der Waals surface area contributed by atoms with E-state index in [0.29, 0.717) is 36.8 Å². The van der Waals surface area contributed by atoms with E-state index >= 15 is 0 Å². The molecule has 6 rings (SSSR count). The summed E-state index contributed by atoms with van der Waals surface area (Å²) in [5.74, 6) is 0.867. The van der Waals surface area contributed by atoms with Gasteiger partial charge in [0.2, 0.25) is 11.8 Å². The average Bonchev–Trinajstić information content (AvgIpc) is 3.74. The maximum Gasteiger partial charge on any atom is 0.254 e. The van der Waals surface area contributed by atoms with Gasteiger partial charge in [-0.05, 0) is 81.1 Å². The van der Waals surface area contributed by atoms with Crippen LogP contribution in [0.2, 0.25) is 0 Å². The van der Waals surface area contributed by atoms with E-state index in [4.69, 9.17) is 9.47 Å². The number of rotatable bonds is 2. The second-order valence-electron chi connectivity index (χ2n) is 12.1. The molecular weight excluding hydrogens is 520 g/mol. The molecule has 2 saturated heterocycles. The highest BCUT2D eigenvalue weighted by atomic mass is 16.5. The summed E-state index contributed by atoms with van der Waals surface area (Å²) in [4.78, 5) is 46.3. The number of fused-ring (bicyclic) bond motifs is 5. The van der Waals surface area contributed by atoms with Crippen molar-refractivity contribution in [3.05, 3.63) is 59.2 Å². The molecule has 2 aromatic carbocycles. The van der Waals surface area contributed by atoms with Crippen LogP contribution in [0.4, 0.5) is 0 Å². The lowest BCUT2D eigenvalue weighted by Crippen LogP contribution is -2.57. The number of ether oxygens (including phenoxy) is 2. The smallest absolute Gasteiger partial charge is 0.254 e. The minimum absolute atomic E-state index is 0.100. The van der Waals surface area contributed by atoms with Gasteiger partial charge in [0.25, 0.3) is 5.91 Å². The minimum Gasteiger partial charge on any atom is -0.457 e. The van der Waals surface area contributed by atoms with E-state index in [0.717, 1.165) is 62.7 Å². The monoisotopic (exact) mass is 560 g/mol. The molecule has 1 N–H and O–H groups in total. The summed E-state index contributed by atoms with van der Waals surface area (Å²) in [5, 5.41) is 3.10. The van der Waals surface area contributed by atoms with E-state index in [-0.39, 0.29) is 36.4 Å². The molecule has 0 aromatic heterocycles. The largest absolute Gasteiger partial charge is 0.457 e. The van der Waals surface area contributed by atoms with Crippen molar-refractivity contribution in [3.63, 3.8) is 0 Å². The predicted molar refractivity (Wildman–Crippen MR) is 154 cm³/mol. The molecule has 3 aliphatic heterocycles. The Bertz CT molecular complexity index is 1320. The van der Waals surface area contributed by atoms with Gasteiger partial charge < -0.3 is 24.6 Å². The third kappa shape index (κ3) is 5.57. The lowest BCUT2D eigenvalue weighted by Gasteiger charge is -2.40. The van der Waals surface area contributed by atoms with E-state index < -0.39 is 5.54 Å². The van der Waals surface area contributed by atoms with Crippen molar-refractivity contribution in [1.82, 2.24) is 20.0 Å². The average molecular weight is 561 g/mol. The topological polar surface area (TPSA) is 91.4 Å². The number of likely N-dealkylation sites (N-methyl/N-ethyl adjacent to an activating group) is 1. The molecule has 2 aromatic rings. The summed E-state index contributed by atoms with van der Waals surface area (Å²) in [6, 6.07) is 12.6. The van der Waals surface area contributed by atoms with E-state index in [1.807, 2.05) is 42.2 Å². The lowest BCUT2D eigenvalue weighted by atomic mass is 9.93. The molecule has 3 fully saturated rings. The summed E-state index contributed by atoms with van der Waals surface area (Å²) < 4.78 is 12.6. The Balaban J connectivity index is 1.27. The fourth-order valence-electron chi connectivity index (χ4n) is 6.94. The van der Waals surface area contributed by atoms with Crippen molar-refractivity contribution in [3.8, 4) is 11.5 Å². The Kier molecular flexibility index (Phi) is 7.74. The molecule has 0 spiro atoms. The Morgan fingerprint density at radius 2 is 1.78 bits per heavy atom. The number of amides is 3. The lowest BCUT2D eigenvalue weighted by molar-refractivity contribution is -0.143. The Morgan fingerprint density at radius 1 is 1.00 bits per heavy atom. The molecule has 4 bridgehead atoms. The number of carbonyl (C=O) groups excluding carboxylic acids is 3. The number of hydrogen-bond donors (Lipinski definition) is 1. The quantitative estimate of drug-likeness (QED) is 0.605. The first-order chi connectivity index (χ1) is 19.8. The Labute approximate surface area is 241 Å². The van der Waals surface area contributed by atoms with Gasteiger partial charge >= 0.3 is 0 Å². The number of benzene rings is 2. The highest BCUT2D eigenvalue weighted by molar-refractivity contribution is 5.97. The number of aryl methyl sites for hydroxylation is 1. The first-order valence-electron chi connectivity index (χ1n) is 14.9. The van der Waals surface area contributed by atoms with Crippen LogP contribution in [-0.2, 0) is 20.9 Å². The van der Waals surface area contributed by atoms with Crippen LogP contribution < -0.4 is 10.1 Å². The number of nitrogens with zero attached hydrogens (tertiary/aromatic N) is 3. The van der Waals surface area contributed by atoms with Crippen LogP contribution in [0.5, 0.6) is 11.5 Å². The zero-order valence-electron chi connectivity index (χ0n) is 24.1. The highest BCUT2D eigenvalue weighted by Gasteiger charge is 2.51. The second-order valence-corrected chi connectivity index (χ2v) is 12.1. The van der Waals surface area contributed by atoms with Gasteiger partial charge in [0.05, 0.1) is 25.3 Å². The molecule has 0 unspecified atom stereocenters. The van der Waals surface area contributed by atoms with Crippen LogP contribution in [0.25, 0.3) is 0 Å². The van der Waals surface area contributed by atoms with Gasteiger partial charge in [-0.1, -0.05) is 31.0 Å².